The molecular formula is C36H42NO9+. The molecule has 0 spiro atoms. The van der Waals surface area contributed by atoms with Crippen LogP contribution in [0.4, 0.5) is 0 Å². The summed E-state index contributed by atoms with van der Waals surface area (Å²) in [6, 6.07) is 13.6. The van der Waals surface area contributed by atoms with Gasteiger partial charge in [0.2, 0.25) is 0 Å². The van der Waals surface area contributed by atoms with Crippen LogP contribution in [0.3, 0.4) is 0 Å². The standard InChI is InChI=1S/C24H28O5.C12H14NO4/c1-24(2,3)20-12-10-17(11-13-20)21(25)15-19(23(27)29-5)14-16-6-8-18(9-7-16)22(26)28-4;1-16-11(14)9-5-3-8(4-6-9)7-10(13)12(15)17-2/h6-13,19H,14-15H2,1-5H3;3,5-6,10H,7,13H2,1-2H3/q;+1/t19-;10-/m10/s1. The van der Waals surface area contributed by atoms with E-state index >= 15 is 0 Å². The summed E-state index contributed by atoms with van der Waals surface area (Å²) >= 11 is 0. The summed E-state index contributed by atoms with van der Waals surface area (Å²) in [5, 5.41) is 0. The second-order valence-corrected chi connectivity index (χ2v) is 11.5. The molecule has 0 bridgehead atoms. The second-order valence-electron chi connectivity index (χ2n) is 11.5. The number of ketones is 1. The molecule has 2 N–H and O–H groups in total. The molecule has 10 nitrogen and oxygen atoms in total. The van der Waals surface area contributed by atoms with Gasteiger partial charge in [0, 0.05) is 24.5 Å². The summed E-state index contributed by atoms with van der Waals surface area (Å²) in [7, 11) is 5.23. The van der Waals surface area contributed by atoms with Crippen molar-refractivity contribution in [1.82, 2.24) is 0 Å². The van der Waals surface area contributed by atoms with Crippen molar-refractivity contribution >= 4 is 29.7 Å². The van der Waals surface area contributed by atoms with Crippen molar-refractivity contribution in [1.29, 1.82) is 0 Å². The highest BCUT2D eigenvalue weighted by molar-refractivity contribution is 5.98. The molecule has 0 heterocycles. The number of Topliss-reactive ketones (excluding diaryl/α,β-unsaturated/α-hetero) is 1. The average Bonchev–Trinajstić information content (AvgIpc) is 3.06. The van der Waals surface area contributed by atoms with Gasteiger partial charge in [-0.25, -0.2) is 9.59 Å². The molecular weight excluding hydrogens is 590 g/mol. The Balaban J connectivity index is 0.000000368. The van der Waals surface area contributed by atoms with Gasteiger partial charge in [-0.15, -0.1) is 0 Å². The SMILES string of the molecule is COC(=O)C1=C[C+]=C(C[C@H](N)C(=O)OC)C=C1.COC(=O)c1ccc(C[C@H](CC(=O)c2ccc(C(C)(C)C)cc2)C(=O)OC)cc1. The number of benzene rings is 2. The van der Waals surface area contributed by atoms with E-state index in [4.69, 9.17) is 10.5 Å². The van der Waals surface area contributed by atoms with Gasteiger partial charge >= 0.3 is 23.9 Å². The Morgan fingerprint density at radius 1 is 0.717 bits per heavy atom. The number of carbonyl (C=O) groups is 5. The number of allylic oxidation sites excluding steroid dienone is 3. The lowest BCUT2D eigenvalue weighted by atomic mass is 9.86. The van der Waals surface area contributed by atoms with Gasteiger partial charge in [0.05, 0.1) is 52.1 Å². The lowest BCUT2D eigenvalue weighted by molar-refractivity contribution is -0.145. The van der Waals surface area contributed by atoms with Crippen LogP contribution in [0.1, 0.15) is 65.5 Å². The van der Waals surface area contributed by atoms with Crippen LogP contribution in [-0.2, 0) is 45.2 Å². The Morgan fingerprint density at radius 2 is 1.28 bits per heavy atom. The highest BCUT2D eigenvalue weighted by Crippen LogP contribution is 2.24. The van der Waals surface area contributed by atoms with Crippen LogP contribution in [-0.4, -0.2) is 64.1 Å². The zero-order valence-corrected chi connectivity index (χ0v) is 27.4. The van der Waals surface area contributed by atoms with Crippen LogP contribution in [0.25, 0.3) is 0 Å². The smallest absolute Gasteiger partial charge is 0.396 e. The van der Waals surface area contributed by atoms with Crippen LogP contribution in [0, 0.1) is 12.0 Å². The van der Waals surface area contributed by atoms with Crippen molar-refractivity contribution in [2.75, 3.05) is 28.4 Å². The largest absolute Gasteiger partial charge is 0.469 e. The summed E-state index contributed by atoms with van der Waals surface area (Å²) < 4.78 is 18.7. The minimum Gasteiger partial charge on any atom is -0.469 e. The van der Waals surface area contributed by atoms with E-state index in [1.807, 2.05) is 24.3 Å². The molecule has 244 valence electrons. The van der Waals surface area contributed by atoms with Crippen molar-refractivity contribution in [2.24, 2.45) is 11.7 Å². The summed E-state index contributed by atoms with van der Waals surface area (Å²) in [5.74, 6) is -2.46. The quantitative estimate of drug-likeness (QED) is 0.161. The third-order valence-corrected chi connectivity index (χ3v) is 7.14. The third kappa shape index (κ3) is 11.2. The fourth-order valence-electron chi connectivity index (χ4n) is 4.38. The Kier molecular flexibility index (Phi) is 14.2. The maximum atomic E-state index is 12.7. The summed E-state index contributed by atoms with van der Waals surface area (Å²) in [5.41, 5.74) is 9.73. The molecule has 0 fully saturated rings. The number of rotatable bonds is 11. The highest BCUT2D eigenvalue weighted by atomic mass is 16.5. The number of nitrogens with two attached hydrogens (primary N) is 1. The molecule has 1 aliphatic carbocycles. The molecule has 2 atom stereocenters. The molecule has 3 rings (SSSR count). The van der Waals surface area contributed by atoms with Gasteiger partial charge in [-0.05, 0) is 35.1 Å². The Morgan fingerprint density at radius 3 is 1.76 bits per heavy atom. The Labute approximate surface area is 270 Å². The molecule has 1 aliphatic rings. The first-order chi connectivity index (χ1) is 21.7. The molecule has 0 saturated carbocycles. The summed E-state index contributed by atoms with van der Waals surface area (Å²) in [4.78, 5) is 58.8. The van der Waals surface area contributed by atoms with E-state index in [9.17, 15) is 24.0 Å². The molecule has 0 unspecified atom stereocenters. The normalized spacial score (nSPS) is 13.3. The number of ether oxygens (including phenoxy) is 4. The van der Waals surface area contributed by atoms with Crippen LogP contribution >= 0.6 is 0 Å². The van der Waals surface area contributed by atoms with E-state index in [-0.39, 0.29) is 17.6 Å². The average molecular weight is 633 g/mol. The monoisotopic (exact) mass is 632 g/mol. The predicted molar refractivity (Wildman–Crippen MR) is 172 cm³/mol. The van der Waals surface area contributed by atoms with Crippen LogP contribution in [0.15, 0.2) is 77.9 Å². The highest BCUT2D eigenvalue weighted by Gasteiger charge is 2.25. The maximum absolute atomic E-state index is 12.7. The minimum atomic E-state index is -0.722. The molecule has 0 radical (unpaired) electrons. The molecule has 0 saturated heterocycles. The van der Waals surface area contributed by atoms with Crippen LogP contribution in [0.5, 0.6) is 0 Å². The Hall–Kier alpha value is -4.92. The van der Waals surface area contributed by atoms with Crippen molar-refractivity contribution in [3.05, 3.63) is 106 Å². The molecule has 0 amide bonds. The van der Waals surface area contributed by atoms with Crippen LogP contribution in [0.2, 0.25) is 0 Å². The predicted octanol–water partition coefficient (Wildman–Crippen LogP) is 4.65. The first kappa shape index (κ1) is 37.3. The summed E-state index contributed by atoms with van der Waals surface area (Å²) in [6.45, 7) is 6.34. The fraction of sp³-hybridized carbons (Fsp3) is 0.361. The number of hydrogen-bond acceptors (Lipinski definition) is 10. The van der Waals surface area contributed by atoms with Gasteiger partial charge in [-0.3, -0.25) is 14.4 Å². The van der Waals surface area contributed by atoms with E-state index in [1.54, 1.807) is 36.4 Å². The van der Waals surface area contributed by atoms with Crippen molar-refractivity contribution in [2.45, 2.75) is 51.5 Å². The van der Waals surface area contributed by atoms with Crippen LogP contribution < -0.4 is 5.73 Å². The lowest BCUT2D eigenvalue weighted by Crippen LogP contribution is -2.31. The molecule has 2 aromatic rings. The van der Waals surface area contributed by atoms with E-state index in [0.29, 0.717) is 29.5 Å². The second kappa shape index (κ2) is 17.5. The third-order valence-electron chi connectivity index (χ3n) is 7.14. The van der Waals surface area contributed by atoms with Crippen molar-refractivity contribution in [3.63, 3.8) is 0 Å². The number of carbonyl (C=O) groups excluding carboxylic acids is 5. The molecule has 46 heavy (non-hydrogen) atoms. The maximum Gasteiger partial charge on any atom is 0.396 e. The summed E-state index contributed by atoms with van der Waals surface area (Å²) in [6.07, 6.45) is 8.37. The first-order valence-electron chi connectivity index (χ1n) is 14.5. The van der Waals surface area contributed by atoms with E-state index < -0.39 is 35.8 Å². The first-order valence-corrected chi connectivity index (χ1v) is 14.5. The van der Waals surface area contributed by atoms with Gasteiger partial charge in [-0.2, -0.15) is 0 Å². The van der Waals surface area contributed by atoms with Gasteiger partial charge in [0.1, 0.15) is 17.7 Å². The molecule has 0 aliphatic heterocycles. The van der Waals surface area contributed by atoms with Gasteiger partial charge in [0.15, 0.2) is 11.4 Å². The molecule has 2 aromatic carbocycles. The fourth-order valence-corrected chi connectivity index (χ4v) is 4.38. The van der Waals surface area contributed by atoms with Gasteiger partial charge in [0.25, 0.3) is 0 Å². The zero-order chi connectivity index (χ0) is 34.4. The van der Waals surface area contributed by atoms with Crippen molar-refractivity contribution in [3.8, 4) is 0 Å². The minimum absolute atomic E-state index is 0.00644. The lowest BCUT2D eigenvalue weighted by Gasteiger charge is -2.19. The van der Waals surface area contributed by atoms with E-state index in [0.717, 1.165) is 16.7 Å². The molecule has 10 heteroatoms. The number of hydrogen-bond donors (Lipinski definition) is 1. The number of methoxy groups -OCH3 is 4. The Bertz CT molecular complexity index is 1480. The van der Waals surface area contributed by atoms with E-state index in [1.165, 1.54) is 34.5 Å². The molecule has 0 aromatic heterocycles. The number of esters is 4. The topological polar surface area (TPSA) is 148 Å². The van der Waals surface area contributed by atoms with Gasteiger partial charge in [-0.1, -0.05) is 57.2 Å². The zero-order valence-electron chi connectivity index (χ0n) is 27.4. The van der Waals surface area contributed by atoms with E-state index in [2.05, 4.69) is 41.1 Å². The van der Waals surface area contributed by atoms with Gasteiger partial charge < -0.3 is 24.7 Å². The van der Waals surface area contributed by atoms with Crippen molar-refractivity contribution < 1.29 is 42.9 Å².